The van der Waals surface area contributed by atoms with Gasteiger partial charge in [0.05, 0.1) is 32.9 Å². The van der Waals surface area contributed by atoms with Crippen LogP contribution in [0.2, 0.25) is 0 Å². The molecule has 1 fully saturated rings. The molecule has 27 heavy (non-hydrogen) atoms. The van der Waals surface area contributed by atoms with E-state index >= 15 is 0 Å². The van der Waals surface area contributed by atoms with Gasteiger partial charge < -0.3 is 19.7 Å². The topological polar surface area (TPSA) is 52.0 Å². The summed E-state index contributed by atoms with van der Waals surface area (Å²) in [5.74, 6) is 1.03. The van der Waals surface area contributed by atoms with Gasteiger partial charge in [0, 0.05) is 18.2 Å². The van der Waals surface area contributed by atoms with Crippen LogP contribution in [0.3, 0.4) is 0 Å². The smallest absolute Gasteiger partial charge is 0.255 e. The lowest BCUT2D eigenvalue weighted by Crippen LogP contribution is -3.11. The van der Waals surface area contributed by atoms with Gasteiger partial charge >= 0.3 is 0 Å². The molecule has 0 bridgehead atoms. The van der Waals surface area contributed by atoms with E-state index in [0.29, 0.717) is 23.6 Å². The number of amides is 1. The molecule has 2 N–H and O–H groups in total. The number of hydrogen-bond acceptors (Lipinski definition) is 3. The van der Waals surface area contributed by atoms with E-state index in [9.17, 15) is 4.79 Å². The van der Waals surface area contributed by atoms with Crippen LogP contribution in [0, 0.1) is 0 Å². The number of benzene rings is 2. The van der Waals surface area contributed by atoms with Crippen molar-refractivity contribution in [3.05, 3.63) is 59.2 Å². The maximum atomic E-state index is 12.7. The molecule has 1 aliphatic rings. The van der Waals surface area contributed by atoms with E-state index in [-0.39, 0.29) is 5.91 Å². The second-order valence-electron chi connectivity index (χ2n) is 7.01. The predicted molar refractivity (Wildman–Crippen MR) is 105 cm³/mol. The van der Waals surface area contributed by atoms with Gasteiger partial charge in [-0.3, -0.25) is 4.79 Å². The highest BCUT2D eigenvalue weighted by Crippen LogP contribution is 2.24. The summed E-state index contributed by atoms with van der Waals surface area (Å²) in [5.41, 5.74) is 3.00. The third kappa shape index (κ3) is 5.01. The molecule has 5 heteroatoms. The van der Waals surface area contributed by atoms with Crippen LogP contribution in [0.5, 0.6) is 11.5 Å². The fourth-order valence-electron chi connectivity index (χ4n) is 3.66. The first-order valence-corrected chi connectivity index (χ1v) is 9.62. The van der Waals surface area contributed by atoms with Gasteiger partial charge in [-0.05, 0) is 37.0 Å². The lowest BCUT2D eigenvalue weighted by atomic mass is 10.0. The minimum absolute atomic E-state index is 0.144. The van der Waals surface area contributed by atoms with Crippen molar-refractivity contribution >= 4 is 5.91 Å². The van der Waals surface area contributed by atoms with Crippen LogP contribution in [-0.4, -0.2) is 33.2 Å². The minimum Gasteiger partial charge on any atom is -0.497 e. The molecule has 1 aliphatic heterocycles. The Morgan fingerprint density at radius 1 is 1.00 bits per heavy atom. The molecule has 0 atom stereocenters. The first kappa shape index (κ1) is 19.2. The summed E-state index contributed by atoms with van der Waals surface area (Å²) in [5, 5.41) is 3.04. The SMILES string of the molecule is COc1ccc(C(=O)NCc2ccccc2C[NH+]2CCCCC2)c(OC)c1. The van der Waals surface area contributed by atoms with Gasteiger partial charge in [0.2, 0.25) is 0 Å². The molecule has 0 aromatic heterocycles. The Morgan fingerprint density at radius 2 is 1.74 bits per heavy atom. The Labute approximate surface area is 161 Å². The van der Waals surface area contributed by atoms with Crippen molar-refractivity contribution in [1.82, 2.24) is 5.32 Å². The Kier molecular flexibility index (Phi) is 6.71. The summed E-state index contributed by atoms with van der Waals surface area (Å²) in [7, 11) is 3.15. The fraction of sp³-hybridized carbons (Fsp3) is 0.409. The first-order chi connectivity index (χ1) is 13.2. The number of ether oxygens (including phenoxy) is 2. The molecule has 5 nitrogen and oxygen atoms in total. The number of nitrogens with one attached hydrogen (secondary N) is 2. The van der Waals surface area contributed by atoms with E-state index in [1.165, 1.54) is 43.5 Å². The summed E-state index contributed by atoms with van der Waals surface area (Å²) < 4.78 is 10.5. The number of rotatable bonds is 7. The molecule has 1 saturated heterocycles. The van der Waals surface area contributed by atoms with E-state index in [1.807, 2.05) is 6.07 Å². The highest BCUT2D eigenvalue weighted by Gasteiger charge is 2.17. The molecule has 3 rings (SSSR count). The number of likely N-dealkylation sites (tertiary alicyclic amines) is 1. The van der Waals surface area contributed by atoms with Crippen LogP contribution >= 0.6 is 0 Å². The molecule has 1 amide bonds. The minimum atomic E-state index is -0.144. The molecule has 0 saturated carbocycles. The standard InChI is InChI=1S/C22H28N2O3/c1-26-19-10-11-20(21(14-19)27-2)22(25)23-15-17-8-4-5-9-18(17)16-24-12-6-3-7-13-24/h4-5,8-11,14H,3,6-7,12-13,15-16H2,1-2H3,(H,23,25)/p+1. The van der Waals surface area contributed by atoms with E-state index in [2.05, 4.69) is 23.5 Å². The van der Waals surface area contributed by atoms with Crippen LogP contribution in [-0.2, 0) is 13.1 Å². The first-order valence-electron chi connectivity index (χ1n) is 9.62. The zero-order valence-electron chi connectivity index (χ0n) is 16.2. The molecular weight excluding hydrogens is 340 g/mol. The Bertz CT molecular complexity index is 770. The van der Waals surface area contributed by atoms with E-state index in [4.69, 9.17) is 9.47 Å². The zero-order valence-corrected chi connectivity index (χ0v) is 16.2. The second-order valence-corrected chi connectivity index (χ2v) is 7.01. The fourth-order valence-corrected chi connectivity index (χ4v) is 3.66. The van der Waals surface area contributed by atoms with Crippen LogP contribution in [0.1, 0.15) is 40.7 Å². The van der Waals surface area contributed by atoms with Crippen molar-refractivity contribution in [3.8, 4) is 11.5 Å². The van der Waals surface area contributed by atoms with E-state index in [0.717, 1.165) is 6.54 Å². The summed E-state index contributed by atoms with van der Waals surface area (Å²) >= 11 is 0. The van der Waals surface area contributed by atoms with Gasteiger partial charge in [0.1, 0.15) is 18.0 Å². The largest absolute Gasteiger partial charge is 0.497 e. The van der Waals surface area contributed by atoms with Gasteiger partial charge in [0.25, 0.3) is 5.91 Å². The molecular formula is C22H29N2O3+. The van der Waals surface area contributed by atoms with Gasteiger partial charge in [0.15, 0.2) is 0 Å². The molecule has 1 heterocycles. The van der Waals surface area contributed by atoms with E-state index in [1.54, 1.807) is 37.3 Å². The van der Waals surface area contributed by atoms with Crippen LogP contribution < -0.4 is 19.7 Å². The summed E-state index contributed by atoms with van der Waals surface area (Å²) in [6, 6.07) is 13.6. The molecule has 0 unspecified atom stereocenters. The summed E-state index contributed by atoms with van der Waals surface area (Å²) in [6.07, 6.45) is 3.97. The van der Waals surface area contributed by atoms with Crippen molar-refractivity contribution in [2.45, 2.75) is 32.4 Å². The van der Waals surface area contributed by atoms with Gasteiger partial charge in [-0.2, -0.15) is 0 Å². The zero-order chi connectivity index (χ0) is 19.1. The number of carbonyl (C=O) groups is 1. The lowest BCUT2D eigenvalue weighted by molar-refractivity contribution is -0.918. The van der Waals surface area contributed by atoms with Crippen molar-refractivity contribution in [2.75, 3.05) is 27.3 Å². The third-order valence-electron chi connectivity index (χ3n) is 5.21. The third-order valence-corrected chi connectivity index (χ3v) is 5.21. The van der Waals surface area contributed by atoms with Crippen LogP contribution in [0.25, 0.3) is 0 Å². The van der Waals surface area contributed by atoms with Gasteiger partial charge in [-0.15, -0.1) is 0 Å². The van der Waals surface area contributed by atoms with Gasteiger partial charge in [-0.25, -0.2) is 0 Å². The second kappa shape index (κ2) is 9.42. The maximum absolute atomic E-state index is 12.7. The quantitative estimate of drug-likeness (QED) is 0.787. The van der Waals surface area contributed by atoms with Crippen molar-refractivity contribution in [1.29, 1.82) is 0 Å². The van der Waals surface area contributed by atoms with Crippen molar-refractivity contribution in [2.24, 2.45) is 0 Å². The van der Waals surface area contributed by atoms with Crippen molar-refractivity contribution < 1.29 is 19.2 Å². The summed E-state index contributed by atoms with van der Waals surface area (Å²) in [6.45, 7) is 4.02. The highest BCUT2D eigenvalue weighted by molar-refractivity contribution is 5.97. The Balaban J connectivity index is 1.67. The molecule has 144 valence electrons. The average molecular weight is 369 g/mol. The number of quaternary nitrogens is 1. The molecule has 0 spiro atoms. The average Bonchev–Trinajstić information content (AvgIpc) is 2.73. The number of piperidine rings is 1. The van der Waals surface area contributed by atoms with Crippen LogP contribution in [0.4, 0.5) is 0 Å². The highest BCUT2D eigenvalue weighted by atomic mass is 16.5. The number of hydrogen-bond donors (Lipinski definition) is 2. The number of methoxy groups -OCH3 is 2. The number of carbonyl (C=O) groups excluding carboxylic acids is 1. The summed E-state index contributed by atoms with van der Waals surface area (Å²) in [4.78, 5) is 14.3. The normalized spacial score (nSPS) is 14.6. The molecule has 2 aromatic carbocycles. The maximum Gasteiger partial charge on any atom is 0.255 e. The Morgan fingerprint density at radius 3 is 2.44 bits per heavy atom. The lowest BCUT2D eigenvalue weighted by Gasteiger charge is -2.24. The molecule has 0 aliphatic carbocycles. The van der Waals surface area contributed by atoms with E-state index < -0.39 is 0 Å². The Hall–Kier alpha value is -2.53. The molecule has 0 radical (unpaired) electrons. The van der Waals surface area contributed by atoms with Gasteiger partial charge in [-0.1, -0.05) is 24.3 Å². The predicted octanol–water partition coefficient (Wildman–Crippen LogP) is 2.20. The van der Waals surface area contributed by atoms with Crippen LogP contribution in [0.15, 0.2) is 42.5 Å². The molecule has 2 aromatic rings. The monoisotopic (exact) mass is 369 g/mol. The van der Waals surface area contributed by atoms with Crippen molar-refractivity contribution in [3.63, 3.8) is 0 Å².